The van der Waals surface area contributed by atoms with Gasteiger partial charge in [0.05, 0.1) is 16.7 Å². The molecule has 11 aromatic carbocycles. The first-order valence-electron chi connectivity index (χ1n) is 20.7. The number of benzene rings is 11. The Hall–Kier alpha value is -7.52. The zero-order valence-corrected chi connectivity index (χ0v) is 33.4. The first kappa shape index (κ1) is 33.5. The van der Waals surface area contributed by atoms with Gasteiger partial charge in [0, 0.05) is 47.3 Å². The van der Waals surface area contributed by atoms with Crippen LogP contribution in [0.25, 0.3) is 124 Å². The van der Waals surface area contributed by atoms with Crippen molar-refractivity contribution in [2.24, 2.45) is 0 Å². The number of thiophene rings is 1. The van der Waals surface area contributed by atoms with Crippen LogP contribution in [0.5, 0.6) is 0 Å². The van der Waals surface area contributed by atoms with Gasteiger partial charge in [-0.05, 0) is 84.4 Å². The molecule has 13 rings (SSSR count). The number of hydrogen-bond acceptors (Lipinski definition) is 1. The molecule has 0 bridgehead atoms. The molecule has 1 nitrogen and oxygen atoms in total. The molecule has 0 radical (unpaired) electrons. The Bertz CT molecular complexity index is 3720. The van der Waals surface area contributed by atoms with E-state index in [1.54, 1.807) is 0 Å². The lowest BCUT2D eigenvalue weighted by molar-refractivity contribution is 1.21. The molecule has 2 heterocycles. The molecule has 0 unspecified atom stereocenters. The maximum Gasteiger partial charge on any atom is 0.0619 e. The van der Waals surface area contributed by atoms with Gasteiger partial charge < -0.3 is 4.57 Å². The SMILES string of the molecule is c1ccc(-c2c3ccccc3c(-c3cccc4c3sc3ccc(-c5c6ccccc6c(-n6c7ccccc7c7ccccc76)c6ccccc56)cc34)c3ccccc23)cc1. The van der Waals surface area contributed by atoms with Gasteiger partial charge in [-0.1, -0.05) is 188 Å². The van der Waals surface area contributed by atoms with Gasteiger partial charge in [0.1, 0.15) is 0 Å². The fraction of sp³-hybridized carbons (Fsp3) is 0. The van der Waals surface area contributed by atoms with Crippen LogP contribution in [0.2, 0.25) is 0 Å². The van der Waals surface area contributed by atoms with Crippen LogP contribution in [0.15, 0.2) is 212 Å². The van der Waals surface area contributed by atoms with E-state index < -0.39 is 0 Å². The molecule has 0 saturated carbocycles. The molecule has 2 heteroatoms. The number of fused-ring (bicyclic) bond motifs is 10. The van der Waals surface area contributed by atoms with Crippen molar-refractivity contribution in [3.63, 3.8) is 0 Å². The van der Waals surface area contributed by atoms with Crippen molar-refractivity contribution < 1.29 is 0 Å². The van der Waals surface area contributed by atoms with Crippen molar-refractivity contribution in [2.45, 2.75) is 0 Å². The van der Waals surface area contributed by atoms with Gasteiger partial charge in [-0.25, -0.2) is 0 Å². The molecule has 0 atom stereocenters. The normalized spacial score (nSPS) is 12.0. The Balaban J connectivity index is 1.07. The molecule has 0 aliphatic carbocycles. The zero-order valence-electron chi connectivity index (χ0n) is 32.6. The van der Waals surface area contributed by atoms with Crippen LogP contribution in [-0.4, -0.2) is 4.57 Å². The second kappa shape index (κ2) is 13.0. The van der Waals surface area contributed by atoms with Crippen LogP contribution in [0, 0.1) is 0 Å². The summed E-state index contributed by atoms with van der Waals surface area (Å²) in [6, 6.07) is 78.6. The van der Waals surface area contributed by atoms with Crippen LogP contribution in [0.4, 0.5) is 0 Å². The standard InChI is InChI=1S/C58H35NS/c1-2-17-36(18-3-1)54-40-21-4-6-23-42(40)56(43-24-7-5-22-41(43)54)49-30-16-29-48-50-35-37(33-34-53(50)60-58(48)49)55-44-25-8-10-27-46(44)57(47-28-11-9-26-45(47)55)59-51-31-14-12-19-38(51)39-20-13-15-32-52(39)59/h1-35H. The van der Waals surface area contributed by atoms with Gasteiger partial charge in [0.25, 0.3) is 0 Å². The number of aromatic nitrogens is 1. The third-order valence-electron chi connectivity index (χ3n) is 12.8. The van der Waals surface area contributed by atoms with Crippen molar-refractivity contribution in [3.05, 3.63) is 212 Å². The quantitative estimate of drug-likeness (QED) is 0.157. The Morgan fingerprint density at radius 3 is 1.28 bits per heavy atom. The lowest BCUT2D eigenvalue weighted by Gasteiger charge is -2.19. The Morgan fingerprint density at radius 1 is 0.283 bits per heavy atom. The summed E-state index contributed by atoms with van der Waals surface area (Å²) in [4.78, 5) is 0. The van der Waals surface area contributed by atoms with E-state index in [0.717, 1.165) is 0 Å². The van der Waals surface area contributed by atoms with E-state index in [0.29, 0.717) is 0 Å². The zero-order chi connectivity index (χ0) is 39.3. The van der Waals surface area contributed by atoms with Crippen LogP contribution >= 0.6 is 11.3 Å². The topological polar surface area (TPSA) is 4.93 Å². The minimum absolute atomic E-state index is 1.22. The summed E-state index contributed by atoms with van der Waals surface area (Å²) in [7, 11) is 0. The molecule has 60 heavy (non-hydrogen) atoms. The Morgan fingerprint density at radius 2 is 0.717 bits per heavy atom. The van der Waals surface area contributed by atoms with Gasteiger partial charge in [-0.2, -0.15) is 0 Å². The molecular weight excluding hydrogens is 743 g/mol. The monoisotopic (exact) mass is 777 g/mol. The van der Waals surface area contributed by atoms with Gasteiger partial charge in [-0.3, -0.25) is 0 Å². The molecule has 0 amide bonds. The Labute approximate surface area is 350 Å². The second-order valence-corrected chi connectivity index (χ2v) is 16.9. The lowest BCUT2D eigenvalue weighted by Crippen LogP contribution is -1.99. The van der Waals surface area contributed by atoms with E-state index in [2.05, 4.69) is 217 Å². The molecule has 0 aliphatic rings. The minimum Gasteiger partial charge on any atom is -0.308 e. The molecule has 0 fully saturated rings. The van der Waals surface area contributed by atoms with E-state index >= 15 is 0 Å². The predicted octanol–water partition coefficient (Wildman–Crippen LogP) is 16.8. The van der Waals surface area contributed by atoms with Crippen LogP contribution in [0.1, 0.15) is 0 Å². The van der Waals surface area contributed by atoms with Gasteiger partial charge >= 0.3 is 0 Å². The van der Waals surface area contributed by atoms with Gasteiger partial charge in [0.2, 0.25) is 0 Å². The summed E-state index contributed by atoms with van der Waals surface area (Å²) in [5.41, 5.74) is 11.3. The van der Waals surface area contributed by atoms with Crippen molar-refractivity contribution in [1.29, 1.82) is 0 Å². The van der Waals surface area contributed by atoms with E-state index in [4.69, 9.17) is 0 Å². The molecular formula is C58H35NS. The van der Waals surface area contributed by atoms with E-state index in [1.165, 1.54) is 124 Å². The highest BCUT2D eigenvalue weighted by molar-refractivity contribution is 7.26. The fourth-order valence-electron chi connectivity index (χ4n) is 10.3. The van der Waals surface area contributed by atoms with E-state index in [9.17, 15) is 0 Å². The predicted molar refractivity (Wildman–Crippen MR) is 260 cm³/mol. The average Bonchev–Trinajstić information content (AvgIpc) is 3.86. The van der Waals surface area contributed by atoms with E-state index in [-0.39, 0.29) is 0 Å². The smallest absolute Gasteiger partial charge is 0.0619 e. The highest BCUT2D eigenvalue weighted by atomic mass is 32.1. The first-order valence-corrected chi connectivity index (χ1v) is 21.5. The summed E-state index contributed by atoms with van der Waals surface area (Å²) in [5.74, 6) is 0. The van der Waals surface area contributed by atoms with Crippen LogP contribution in [0.3, 0.4) is 0 Å². The summed E-state index contributed by atoms with van der Waals surface area (Å²) >= 11 is 1.91. The summed E-state index contributed by atoms with van der Waals surface area (Å²) in [6.45, 7) is 0. The minimum atomic E-state index is 1.22. The van der Waals surface area contributed by atoms with Crippen molar-refractivity contribution in [2.75, 3.05) is 0 Å². The molecule has 0 N–H and O–H groups in total. The highest BCUT2D eigenvalue weighted by Gasteiger charge is 2.22. The lowest BCUT2D eigenvalue weighted by atomic mass is 9.85. The number of nitrogens with zero attached hydrogens (tertiary/aromatic N) is 1. The maximum atomic E-state index is 2.50. The van der Waals surface area contributed by atoms with Gasteiger partial charge in [0.15, 0.2) is 0 Å². The molecule has 0 spiro atoms. The average molecular weight is 778 g/mol. The maximum absolute atomic E-state index is 2.50. The Kier molecular flexibility index (Phi) is 7.24. The van der Waals surface area contributed by atoms with E-state index in [1.807, 2.05) is 11.3 Å². The van der Waals surface area contributed by atoms with Crippen LogP contribution < -0.4 is 0 Å². The highest BCUT2D eigenvalue weighted by Crippen LogP contribution is 2.49. The third kappa shape index (κ3) is 4.74. The molecule has 278 valence electrons. The summed E-state index contributed by atoms with van der Waals surface area (Å²) in [5, 5.41) is 15.2. The largest absolute Gasteiger partial charge is 0.308 e. The molecule has 0 aliphatic heterocycles. The van der Waals surface area contributed by atoms with Crippen molar-refractivity contribution in [3.8, 4) is 39.1 Å². The number of rotatable bonds is 4. The number of hydrogen-bond donors (Lipinski definition) is 0. The summed E-state index contributed by atoms with van der Waals surface area (Å²) < 4.78 is 5.12. The van der Waals surface area contributed by atoms with Crippen molar-refractivity contribution >= 4 is 96.4 Å². The molecule has 0 saturated heterocycles. The van der Waals surface area contributed by atoms with Crippen LogP contribution in [-0.2, 0) is 0 Å². The molecule has 2 aromatic heterocycles. The summed E-state index contributed by atoms with van der Waals surface area (Å²) in [6.07, 6.45) is 0. The fourth-order valence-corrected chi connectivity index (χ4v) is 11.5. The molecule has 13 aromatic rings. The van der Waals surface area contributed by atoms with Crippen molar-refractivity contribution in [1.82, 2.24) is 4.57 Å². The third-order valence-corrected chi connectivity index (χ3v) is 14.0. The number of para-hydroxylation sites is 2. The first-order chi connectivity index (χ1) is 29.8. The van der Waals surface area contributed by atoms with Gasteiger partial charge in [-0.15, -0.1) is 11.3 Å². The second-order valence-electron chi connectivity index (χ2n) is 15.9.